The minimum atomic E-state index is -0.222. The van der Waals surface area contributed by atoms with Crippen LogP contribution < -0.4 is 0 Å². The van der Waals surface area contributed by atoms with Crippen LogP contribution in [0.15, 0.2) is 48.7 Å². The maximum atomic E-state index is 13.6. The molecule has 0 saturated carbocycles. The molecule has 170 valence electrons. The summed E-state index contributed by atoms with van der Waals surface area (Å²) in [7, 11) is 2.00. The lowest BCUT2D eigenvalue weighted by Crippen LogP contribution is -2.48. The highest BCUT2D eigenvalue weighted by Gasteiger charge is 2.30. The summed E-state index contributed by atoms with van der Waals surface area (Å²) in [6.07, 6.45) is 5.51. The number of nitrogens with zero attached hydrogens (tertiary/aromatic N) is 3. The smallest absolute Gasteiger partial charge is 0.242 e. The van der Waals surface area contributed by atoms with Gasteiger partial charge in [-0.05, 0) is 43.9 Å². The summed E-state index contributed by atoms with van der Waals surface area (Å²) in [5.74, 6) is -0.156. The molecule has 2 aromatic rings. The first-order chi connectivity index (χ1) is 14.9. The highest BCUT2D eigenvalue weighted by Crippen LogP contribution is 2.24. The Bertz CT molecular complexity index is 815. The van der Waals surface area contributed by atoms with E-state index in [1.54, 1.807) is 4.90 Å². The first kappa shape index (κ1) is 24.7. The average molecular weight is 426 g/mol. The van der Waals surface area contributed by atoms with Gasteiger partial charge in [0.25, 0.3) is 0 Å². The van der Waals surface area contributed by atoms with Gasteiger partial charge in [0.2, 0.25) is 11.8 Å². The van der Waals surface area contributed by atoms with Crippen LogP contribution in [0.1, 0.15) is 70.6 Å². The van der Waals surface area contributed by atoms with Crippen molar-refractivity contribution >= 4 is 11.8 Å². The standard InChI is InChI=1S/C26H39N3O2/c1-6-9-18-28(19-23-16-13-17-27(23)5)25(30)20-29(21(4)7-2)26(31)24(8-3)22-14-11-10-12-15-22/h10-17,21,24H,6-9,18-20H2,1-5H3/t21-,24-/m0/s1. The van der Waals surface area contributed by atoms with E-state index in [9.17, 15) is 9.59 Å². The molecule has 0 aliphatic carbocycles. The van der Waals surface area contributed by atoms with Gasteiger partial charge in [-0.2, -0.15) is 0 Å². The Hall–Kier alpha value is -2.56. The maximum absolute atomic E-state index is 13.6. The van der Waals surface area contributed by atoms with E-state index in [0.29, 0.717) is 19.5 Å². The van der Waals surface area contributed by atoms with E-state index in [1.165, 1.54) is 0 Å². The SMILES string of the molecule is CCCCN(Cc1cccn1C)C(=O)CN(C(=O)[C@@H](CC)c1ccccc1)[C@@H](C)CC. The third kappa shape index (κ3) is 6.71. The van der Waals surface area contributed by atoms with Crippen LogP contribution in [0.2, 0.25) is 0 Å². The van der Waals surface area contributed by atoms with E-state index in [0.717, 1.165) is 30.5 Å². The zero-order valence-corrected chi connectivity index (χ0v) is 19.9. The van der Waals surface area contributed by atoms with Gasteiger partial charge in [0.15, 0.2) is 0 Å². The number of aromatic nitrogens is 1. The molecule has 0 unspecified atom stereocenters. The van der Waals surface area contributed by atoms with Gasteiger partial charge in [0.1, 0.15) is 6.54 Å². The van der Waals surface area contributed by atoms with Gasteiger partial charge in [0, 0.05) is 31.5 Å². The van der Waals surface area contributed by atoms with Gasteiger partial charge in [-0.3, -0.25) is 9.59 Å². The molecule has 0 bridgehead atoms. The van der Waals surface area contributed by atoms with Crippen molar-refractivity contribution < 1.29 is 9.59 Å². The fourth-order valence-corrected chi connectivity index (χ4v) is 3.85. The molecular weight excluding hydrogens is 386 g/mol. The minimum Gasteiger partial charge on any atom is -0.353 e. The molecule has 5 heteroatoms. The van der Waals surface area contributed by atoms with Gasteiger partial charge in [-0.25, -0.2) is 0 Å². The largest absolute Gasteiger partial charge is 0.353 e. The molecule has 0 saturated heterocycles. The van der Waals surface area contributed by atoms with Crippen LogP contribution >= 0.6 is 0 Å². The Morgan fingerprint density at radius 2 is 1.71 bits per heavy atom. The molecule has 0 radical (unpaired) electrons. The Kier molecular flexibility index (Phi) is 9.83. The summed E-state index contributed by atoms with van der Waals surface area (Å²) in [6.45, 7) is 9.68. The zero-order valence-electron chi connectivity index (χ0n) is 19.9. The van der Waals surface area contributed by atoms with Gasteiger partial charge in [-0.1, -0.05) is 57.5 Å². The van der Waals surface area contributed by atoms with E-state index in [4.69, 9.17) is 0 Å². The summed E-state index contributed by atoms with van der Waals surface area (Å²) in [6, 6.07) is 14.0. The van der Waals surface area contributed by atoms with Gasteiger partial charge < -0.3 is 14.4 Å². The molecule has 0 N–H and O–H groups in total. The Morgan fingerprint density at radius 1 is 1.00 bits per heavy atom. The molecule has 2 rings (SSSR count). The molecule has 1 aromatic heterocycles. The molecule has 2 atom stereocenters. The van der Waals surface area contributed by atoms with Crippen molar-refractivity contribution in [3.8, 4) is 0 Å². The molecule has 1 heterocycles. The van der Waals surface area contributed by atoms with Crippen LogP contribution in [0.25, 0.3) is 0 Å². The predicted molar refractivity (Wildman–Crippen MR) is 127 cm³/mol. The number of rotatable bonds is 12. The fourth-order valence-electron chi connectivity index (χ4n) is 3.85. The molecule has 0 aliphatic rings. The van der Waals surface area contributed by atoms with E-state index in [1.807, 2.05) is 79.0 Å². The number of unbranched alkanes of at least 4 members (excludes halogenated alkanes) is 1. The fraction of sp³-hybridized carbons (Fsp3) is 0.538. The van der Waals surface area contributed by atoms with Gasteiger partial charge in [-0.15, -0.1) is 0 Å². The molecule has 2 amide bonds. The van der Waals surface area contributed by atoms with Gasteiger partial charge in [0.05, 0.1) is 12.5 Å². The Labute approximate surface area is 188 Å². The normalized spacial score (nSPS) is 12.9. The second kappa shape index (κ2) is 12.3. The number of amides is 2. The monoisotopic (exact) mass is 425 g/mol. The van der Waals surface area contributed by atoms with E-state index in [-0.39, 0.29) is 30.3 Å². The molecule has 1 aromatic carbocycles. The number of carbonyl (C=O) groups excluding carboxylic acids is 2. The number of hydrogen-bond acceptors (Lipinski definition) is 2. The molecule has 0 aliphatic heterocycles. The zero-order chi connectivity index (χ0) is 22.8. The van der Waals surface area contributed by atoms with Crippen LogP contribution in [0.4, 0.5) is 0 Å². The van der Waals surface area contributed by atoms with Crippen molar-refractivity contribution in [2.75, 3.05) is 13.1 Å². The molecule has 0 fully saturated rings. The second-order valence-corrected chi connectivity index (χ2v) is 8.37. The Morgan fingerprint density at radius 3 is 2.26 bits per heavy atom. The molecule has 31 heavy (non-hydrogen) atoms. The second-order valence-electron chi connectivity index (χ2n) is 8.37. The highest BCUT2D eigenvalue weighted by atomic mass is 16.2. The van der Waals surface area contributed by atoms with Crippen LogP contribution in [-0.2, 0) is 23.2 Å². The topological polar surface area (TPSA) is 45.6 Å². The van der Waals surface area contributed by atoms with Crippen LogP contribution in [0.3, 0.4) is 0 Å². The first-order valence-corrected chi connectivity index (χ1v) is 11.7. The highest BCUT2D eigenvalue weighted by molar-refractivity contribution is 5.88. The summed E-state index contributed by atoms with van der Waals surface area (Å²) in [5, 5.41) is 0. The quantitative estimate of drug-likeness (QED) is 0.482. The van der Waals surface area contributed by atoms with Crippen molar-refractivity contribution in [3.63, 3.8) is 0 Å². The van der Waals surface area contributed by atoms with E-state index >= 15 is 0 Å². The summed E-state index contributed by atoms with van der Waals surface area (Å²) in [4.78, 5) is 30.7. The van der Waals surface area contributed by atoms with Crippen LogP contribution in [0.5, 0.6) is 0 Å². The summed E-state index contributed by atoms with van der Waals surface area (Å²) >= 11 is 0. The minimum absolute atomic E-state index is 0.0114. The lowest BCUT2D eigenvalue weighted by atomic mass is 9.94. The third-order valence-electron chi connectivity index (χ3n) is 6.16. The molecule has 5 nitrogen and oxygen atoms in total. The third-order valence-corrected chi connectivity index (χ3v) is 6.16. The van der Waals surface area contributed by atoms with Crippen molar-refractivity contribution in [2.45, 2.75) is 71.9 Å². The van der Waals surface area contributed by atoms with Crippen molar-refractivity contribution in [1.82, 2.24) is 14.4 Å². The number of carbonyl (C=O) groups is 2. The average Bonchev–Trinajstić information content (AvgIpc) is 3.19. The molecule has 0 spiro atoms. The van der Waals surface area contributed by atoms with Crippen LogP contribution in [0, 0.1) is 0 Å². The van der Waals surface area contributed by atoms with Crippen LogP contribution in [-0.4, -0.2) is 45.3 Å². The van der Waals surface area contributed by atoms with Gasteiger partial charge >= 0.3 is 0 Å². The number of benzene rings is 1. The van der Waals surface area contributed by atoms with Crippen molar-refractivity contribution in [1.29, 1.82) is 0 Å². The molecular formula is C26H39N3O2. The lowest BCUT2D eigenvalue weighted by Gasteiger charge is -2.34. The maximum Gasteiger partial charge on any atom is 0.242 e. The summed E-state index contributed by atoms with van der Waals surface area (Å²) < 4.78 is 2.05. The summed E-state index contributed by atoms with van der Waals surface area (Å²) in [5.41, 5.74) is 2.11. The Balaban J connectivity index is 2.22. The van der Waals surface area contributed by atoms with Crippen molar-refractivity contribution in [2.24, 2.45) is 7.05 Å². The predicted octanol–water partition coefficient (Wildman–Crippen LogP) is 4.97. The lowest BCUT2D eigenvalue weighted by molar-refractivity contribution is -0.143. The van der Waals surface area contributed by atoms with E-state index < -0.39 is 0 Å². The van der Waals surface area contributed by atoms with Crippen molar-refractivity contribution in [3.05, 3.63) is 59.9 Å². The first-order valence-electron chi connectivity index (χ1n) is 11.7. The van der Waals surface area contributed by atoms with E-state index in [2.05, 4.69) is 13.8 Å². The number of hydrogen-bond donors (Lipinski definition) is 0. The number of aryl methyl sites for hydroxylation is 1.